The molecule has 0 spiro atoms. The van der Waals surface area contributed by atoms with Gasteiger partial charge in [-0.2, -0.15) is 0 Å². The molecule has 3 rings (SSSR count). The molecule has 1 aliphatic heterocycles. The Morgan fingerprint density at radius 2 is 2.00 bits per heavy atom. The molecule has 2 aromatic rings. The monoisotopic (exact) mass is 270 g/mol. The number of rotatable bonds is 3. The van der Waals surface area contributed by atoms with Crippen LogP contribution < -0.4 is 0 Å². The van der Waals surface area contributed by atoms with Crippen molar-refractivity contribution in [3.63, 3.8) is 0 Å². The number of hydrogen-bond acceptors (Lipinski definition) is 4. The van der Waals surface area contributed by atoms with Crippen LogP contribution in [0.1, 0.15) is 5.56 Å². The van der Waals surface area contributed by atoms with Crippen LogP contribution in [0.4, 0.5) is 0 Å². The van der Waals surface area contributed by atoms with Crippen molar-refractivity contribution < 1.29 is 9.84 Å². The van der Waals surface area contributed by atoms with Crippen LogP contribution in [-0.2, 0) is 11.3 Å². The van der Waals surface area contributed by atoms with E-state index in [9.17, 15) is 5.11 Å². The summed E-state index contributed by atoms with van der Waals surface area (Å²) in [6.07, 6.45) is 1.91. The molecule has 104 valence electrons. The summed E-state index contributed by atoms with van der Waals surface area (Å²) in [5.41, 5.74) is 3.02. The smallest absolute Gasteiger partial charge is 0.116 e. The molecule has 1 saturated heterocycles. The van der Waals surface area contributed by atoms with E-state index in [1.165, 1.54) is 5.56 Å². The third kappa shape index (κ3) is 3.15. The number of aromatic nitrogens is 1. The number of hydrogen-bond donors (Lipinski definition) is 1. The third-order valence-electron chi connectivity index (χ3n) is 3.48. The fourth-order valence-electron chi connectivity index (χ4n) is 2.37. The average Bonchev–Trinajstić information content (AvgIpc) is 2.49. The SMILES string of the molecule is Oc1cccc(-c2ccc(CN3CCOCC3)cn2)c1. The van der Waals surface area contributed by atoms with Gasteiger partial charge >= 0.3 is 0 Å². The molecular weight excluding hydrogens is 252 g/mol. The first kappa shape index (κ1) is 13.1. The van der Waals surface area contributed by atoms with Gasteiger partial charge in [-0.25, -0.2) is 0 Å². The zero-order valence-corrected chi connectivity index (χ0v) is 11.3. The number of phenols is 1. The highest BCUT2D eigenvalue weighted by molar-refractivity contribution is 5.60. The van der Waals surface area contributed by atoms with Crippen LogP contribution in [0.15, 0.2) is 42.6 Å². The molecule has 0 amide bonds. The predicted octanol–water partition coefficient (Wildman–Crippen LogP) is 2.29. The molecule has 4 heteroatoms. The largest absolute Gasteiger partial charge is 0.508 e. The minimum absolute atomic E-state index is 0.265. The summed E-state index contributed by atoms with van der Waals surface area (Å²) < 4.78 is 5.34. The van der Waals surface area contributed by atoms with E-state index in [-0.39, 0.29) is 5.75 Å². The number of pyridine rings is 1. The highest BCUT2D eigenvalue weighted by Gasteiger charge is 2.10. The summed E-state index contributed by atoms with van der Waals surface area (Å²) in [6, 6.07) is 11.3. The molecule has 0 bridgehead atoms. The second kappa shape index (κ2) is 6.03. The van der Waals surface area contributed by atoms with Gasteiger partial charge in [-0.3, -0.25) is 9.88 Å². The molecule has 1 N–H and O–H groups in total. The summed E-state index contributed by atoms with van der Waals surface area (Å²) >= 11 is 0. The summed E-state index contributed by atoms with van der Waals surface area (Å²) in [6.45, 7) is 4.50. The molecular formula is C16H18N2O2. The predicted molar refractivity (Wildman–Crippen MR) is 77.4 cm³/mol. The Kier molecular flexibility index (Phi) is 3.95. The number of nitrogens with zero attached hydrogens (tertiary/aromatic N) is 2. The maximum absolute atomic E-state index is 9.50. The van der Waals surface area contributed by atoms with Crippen LogP contribution in [0.5, 0.6) is 5.75 Å². The Morgan fingerprint density at radius 3 is 2.70 bits per heavy atom. The summed E-state index contributed by atoms with van der Waals surface area (Å²) in [4.78, 5) is 6.86. The van der Waals surface area contributed by atoms with Crippen LogP contribution in [-0.4, -0.2) is 41.3 Å². The van der Waals surface area contributed by atoms with Gasteiger partial charge in [-0.05, 0) is 23.8 Å². The van der Waals surface area contributed by atoms with E-state index >= 15 is 0 Å². The molecule has 1 aromatic carbocycles. The van der Waals surface area contributed by atoms with Gasteiger partial charge in [0.15, 0.2) is 0 Å². The van der Waals surface area contributed by atoms with E-state index in [0.717, 1.165) is 44.1 Å². The molecule has 20 heavy (non-hydrogen) atoms. The van der Waals surface area contributed by atoms with Crippen molar-refractivity contribution in [1.29, 1.82) is 0 Å². The van der Waals surface area contributed by atoms with E-state index < -0.39 is 0 Å². The standard InChI is InChI=1S/C16H18N2O2/c19-15-3-1-2-14(10-15)16-5-4-13(11-17-16)12-18-6-8-20-9-7-18/h1-5,10-11,19H,6-9,12H2. The van der Waals surface area contributed by atoms with Gasteiger partial charge in [0.25, 0.3) is 0 Å². The molecule has 0 saturated carbocycles. The van der Waals surface area contributed by atoms with Crippen LogP contribution >= 0.6 is 0 Å². The van der Waals surface area contributed by atoms with Crippen molar-refractivity contribution in [3.8, 4) is 17.0 Å². The van der Waals surface area contributed by atoms with Crippen molar-refractivity contribution in [1.82, 2.24) is 9.88 Å². The highest BCUT2D eigenvalue weighted by Crippen LogP contribution is 2.21. The summed E-state index contributed by atoms with van der Waals surface area (Å²) in [5, 5.41) is 9.50. The maximum atomic E-state index is 9.50. The number of benzene rings is 1. The van der Waals surface area contributed by atoms with Crippen LogP contribution in [0.2, 0.25) is 0 Å². The van der Waals surface area contributed by atoms with Crippen LogP contribution in [0.25, 0.3) is 11.3 Å². The van der Waals surface area contributed by atoms with Crippen molar-refractivity contribution in [2.75, 3.05) is 26.3 Å². The van der Waals surface area contributed by atoms with Crippen LogP contribution in [0.3, 0.4) is 0 Å². The van der Waals surface area contributed by atoms with Crippen molar-refractivity contribution in [2.45, 2.75) is 6.54 Å². The fraction of sp³-hybridized carbons (Fsp3) is 0.312. The summed E-state index contributed by atoms with van der Waals surface area (Å²) in [7, 11) is 0. The Hall–Kier alpha value is -1.91. The van der Waals surface area contributed by atoms with E-state index in [2.05, 4.69) is 16.0 Å². The van der Waals surface area contributed by atoms with E-state index in [1.54, 1.807) is 12.1 Å². The van der Waals surface area contributed by atoms with Gasteiger partial charge < -0.3 is 9.84 Å². The van der Waals surface area contributed by atoms with E-state index in [4.69, 9.17) is 4.74 Å². The van der Waals surface area contributed by atoms with Gasteiger partial charge in [-0.1, -0.05) is 18.2 Å². The van der Waals surface area contributed by atoms with Crippen molar-refractivity contribution >= 4 is 0 Å². The quantitative estimate of drug-likeness (QED) is 0.929. The Morgan fingerprint density at radius 1 is 1.15 bits per heavy atom. The van der Waals surface area contributed by atoms with Crippen LogP contribution in [0, 0.1) is 0 Å². The number of aromatic hydroxyl groups is 1. The topological polar surface area (TPSA) is 45.6 Å². The fourth-order valence-corrected chi connectivity index (χ4v) is 2.37. The lowest BCUT2D eigenvalue weighted by Gasteiger charge is -2.26. The van der Waals surface area contributed by atoms with Gasteiger partial charge in [0, 0.05) is 31.4 Å². The molecule has 0 aliphatic carbocycles. The van der Waals surface area contributed by atoms with E-state index in [0.29, 0.717) is 0 Å². The molecule has 0 unspecified atom stereocenters. The lowest BCUT2D eigenvalue weighted by atomic mass is 10.1. The second-order valence-corrected chi connectivity index (χ2v) is 4.99. The number of phenolic OH excluding ortho intramolecular Hbond substituents is 1. The first-order valence-electron chi connectivity index (χ1n) is 6.86. The zero-order chi connectivity index (χ0) is 13.8. The Labute approximate surface area is 118 Å². The third-order valence-corrected chi connectivity index (χ3v) is 3.48. The minimum atomic E-state index is 0.265. The molecule has 4 nitrogen and oxygen atoms in total. The van der Waals surface area contributed by atoms with Gasteiger partial charge in [0.1, 0.15) is 5.75 Å². The normalized spacial score (nSPS) is 16.2. The van der Waals surface area contributed by atoms with Crippen molar-refractivity contribution in [3.05, 3.63) is 48.2 Å². The van der Waals surface area contributed by atoms with Gasteiger partial charge in [0.05, 0.1) is 18.9 Å². The number of ether oxygens (including phenoxy) is 1. The molecule has 0 radical (unpaired) electrons. The first-order chi connectivity index (χ1) is 9.81. The molecule has 1 fully saturated rings. The molecule has 2 heterocycles. The molecule has 0 atom stereocenters. The second-order valence-electron chi connectivity index (χ2n) is 4.99. The lowest BCUT2D eigenvalue weighted by molar-refractivity contribution is 0.0341. The maximum Gasteiger partial charge on any atom is 0.116 e. The zero-order valence-electron chi connectivity index (χ0n) is 11.3. The summed E-state index contributed by atoms with van der Waals surface area (Å²) in [5.74, 6) is 0.265. The number of morpholine rings is 1. The first-order valence-corrected chi connectivity index (χ1v) is 6.86. The molecule has 1 aliphatic rings. The minimum Gasteiger partial charge on any atom is -0.508 e. The molecule has 1 aromatic heterocycles. The Bertz CT molecular complexity index is 563. The lowest BCUT2D eigenvalue weighted by Crippen LogP contribution is -2.35. The van der Waals surface area contributed by atoms with Crippen molar-refractivity contribution in [2.24, 2.45) is 0 Å². The highest BCUT2D eigenvalue weighted by atomic mass is 16.5. The van der Waals surface area contributed by atoms with Gasteiger partial charge in [0.2, 0.25) is 0 Å². The Balaban J connectivity index is 1.71. The average molecular weight is 270 g/mol. The van der Waals surface area contributed by atoms with Gasteiger partial charge in [-0.15, -0.1) is 0 Å². The van der Waals surface area contributed by atoms with E-state index in [1.807, 2.05) is 24.4 Å².